The Bertz CT molecular complexity index is 670. The molecule has 1 fully saturated rings. The number of amides is 1. The number of carbonyl (C=O) groups is 1. The third kappa shape index (κ3) is 3.84. The minimum Gasteiger partial charge on any atom is -0.380 e. The molecule has 0 aliphatic carbocycles. The molecule has 2 heterocycles. The Kier molecular flexibility index (Phi) is 4.83. The maximum Gasteiger partial charge on any atom is 0.272 e. The minimum absolute atomic E-state index is 0.0889. The molecule has 3 rings (SSSR count). The van der Waals surface area contributed by atoms with E-state index in [1.54, 1.807) is 41.4 Å². The summed E-state index contributed by atoms with van der Waals surface area (Å²) in [5.74, 6) is -0.332. The number of anilines is 1. The van der Waals surface area contributed by atoms with E-state index in [2.05, 4.69) is 10.3 Å². The number of nitrogens with zero attached hydrogens (tertiary/aromatic N) is 2. The summed E-state index contributed by atoms with van der Waals surface area (Å²) in [5, 5.41) is 3.10. The highest BCUT2D eigenvalue weighted by molar-refractivity contribution is 5.92. The first-order chi connectivity index (χ1) is 11.2. The summed E-state index contributed by atoms with van der Waals surface area (Å²) in [6, 6.07) is 10.1. The molecule has 1 aliphatic rings. The van der Waals surface area contributed by atoms with Gasteiger partial charge in [-0.2, -0.15) is 0 Å². The summed E-state index contributed by atoms with van der Waals surface area (Å²) >= 11 is 0. The number of aromatic nitrogens is 1. The van der Waals surface area contributed by atoms with E-state index in [-0.39, 0.29) is 11.7 Å². The third-order valence-electron chi connectivity index (χ3n) is 3.72. The Morgan fingerprint density at radius 2 is 2.00 bits per heavy atom. The van der Waals surface area contributed by atoms with Gasteiger partial charge in [-0.3, -0.25) is 4.79 Å². The molecular formula is C17H18FN3O2. The Morgan fingerprint density at radius 1 is 1.22 bits per heavy atom. The van der Waals surface area contributed by atoms with Gasteiger partial charge >= 0.3 is 0 Å². The van der Waals surface area contributed by atoms with Crippen LogP contribution in [0.4, 0.5) is 10.1 Å². The molecule has 120 valence electrons. The van der Waals surface area contributed by atoms with Gasteiger partial charge in [0.15, 0.2) is 0 Å². The van der Waals surface area contributed by atoms with Gasteiger partial charge in [0.2, 0.25) is 0 Å². The zero-order chi connectivity index (χ0) is 16.1. The molecule has 1 aromatic carbocycles. The van der Waals surface area contributed by atoms with Crippen molar-refractivity contribution < 1.29 is 13.9 Å². The molecule has 0 bridgehead atoms. The van der Waals surface area contributed by atoms with Crippen LogP contribution in [-0.2, 0) is 11.3 Å². The second kappa shape index (κ2) is 7.19. The lowest BCUT2D eigenvalue weighted by atomic mass is 10.2. The van der Waals surface area contributed by atoms with Gasteiger partial charge in [0.05, 0.1) is 25.1 Å². The Hall–Kier alpha value is -2.47. The first kappa shape index (κ1) is 15.4. The third-order valence-corrected chi connectivity index (χ3v) is 3.72. The van der Waals surface area contributed by atoms with Gasteiger partial charge in [0.1, 0.15) is 11.5 Å². The highest BCUT2D eigenvalue weighted by atomic mass is 19.1. The van der Waals surface area contributed by atoms with E-state index in [9.17, 15) is 9.18 Å². The molecule has 1 aliphatic heterocycles. The molecule has 1 N–H and O–H groups in total. The highest BCUT2D eigenvalue weighted by Gasteiger charge is 2.19. The predicted octanol–water partition coefficient (Wildman–Crippen LogP) is 2.31. The van der Waals surface area contributed by atoms with Gasteiger partial charge in [-0.05, 0) is 18.2 Å². The summed E-state index contributed by atoms with van der Waals surface area (Å²) in [6.45, 7) is 2.68. The molecule has 0 radical (unpaired) electrons. The van der Waals surface area contributed by atoms with Crippen molar-refractivity contribution in [2.45, 2.75) is 6.54 Å². The summed E-state index contributed by atoms with van der Waals surface area (Å²) in [7, 11) is 0. The van der Waals surface area contributed by atoms with Crippen molar-refractivity contribution in [3.05, 3.63) is 59.7 Å². The second-order valence-electron chi connectivity index (χ2n) is 5.28. The normalized spacial score (nSPS) is 14.6. The van der Waals surface area contributed by atoms with Gasteiger partial charge < -0.3 is 15.0 Å². The minimum atomic E-state index is -0.243. The van der Waals surface area contributed by atoms with Crippen LogP contribution in [0.1, 0.15) is 16.1 Å². The first-order valence-corrected chi connectivity index (χ1v) is 7.54. The fraction of sp³-hybridized carbons (Fsp3) is 0.294. The van der Waals surface area contributed by atoms with Crippen LogP contribution in [0.5, 0.6) is 0 Å². The SMILES string of the molecule is O=C(c1ccc(NCc2ccccc2F)cn1)N1CCOCC1. The van der Waals surface area contributed by atoms with Gasteiger partial charge in [-0.1, -0.05) is 18.2 Å². The number of morpholine rings is 1. The largest absolute Gasteiger partial charge is 0.380 e. The fourth-order valence-corrected chi connectivity index (χ4v) is 2.39. The monoisotopic (exact) mass is 315 g/mol. The number of nitrogens with one attached hydrogen (secondary N) is 1. The number of hydrogen-bond donors (Lipinski definition) is 1. The molecule has 1 amide bonds. The lowest BCUT2D eigenvalue weighted by molar-refractivity contribution is 0.0299. The van der Waals surface area contributed by atoms with E-state index in [1.165, 1.54) is 6.07 Å². The summed E-state index contributed by atoms with van der Waals surface area (Å²) in [5.41, 5.74) is 1.73. The maximum absolute atomic E-state index is 13.6. The molecule has 0 spiro atoms. The average molecular weight is 315 g/mol. The molecule has 0 unspecified atom stereocenters. The van der Waals surface area contributed by atoms with Gasteiger partial charge in [0, 0.05) is 25.2 Å². The Balaban J connectivity index is 1.60. The number of ether oxygens (including phenoxy) is 1. The quantitative estimate of drug-likeness (QED) is 0.941. The van der Waals surface area contributed by atoms with E-state index in [0.717, 1.165) is 5.69 Å². The van der Waals surface area contributed by atoms with Crippen molar-refractivity contribution in [2.24, 2.45) is 0 Å². The number of pyridine rings is 1. The van der Waals surface area contributed by atoms with Crippen molar-refractivity contribution >= 4 is 11.6 Å². The van der Waals surface area contributed by atoms with Crippen LogP contribution < -0.4 is 5.32 Å². The molecule has 1 aromatic heterocycles. The van der Waals surface area contributed by atoms with E-state index in [1.807, 2.05) is 0 Å². The first-order valence-electron chi connectivity index (χ1n) is 7.54. The number of rotatable bonds is 4. The zero-order valence-electron chi connectivity index (χ0n) is 12.7. The molecule has 5 nitrogen and oxygen atoms in total. The van der Waals surface area contributed by atoms with Crippen LogP contribution in [0.3, 0.4) is 0 Å². The van der Waals surface area contributed by atoms with E-state index >= 15 is 0 Å². The van der Waals surface area contributed by atoms with Crippen LogP contribution >= 0.6 is 0 Å². The maximum atomic E-state index is 13.6. The van der Waals surface area contributed by atoms with Crippen molar-refractivity contribution in [2.75, 3.05) is 31.6 Å². The van der Waals surface area contributed by atoms with Crippen molar-refractivity contribution in [1.29, 1.82) is 0 Å². The number of halogens is 1. The van der Waals surface area contributed by atoms with E-state index < -0.39 is 0 Å². The molecule has 23 heavy (non-hydrogen) atoms. The van der Waals surface area contributed by atoms with E-state index in [0.29, 0.717) is 44.1 Å². The summed E-state index contributed by atoms with van der Waals surface area (Å²) < 4.78 is 18.8. The molecule has 0 atom stereocenters. The van der Waals surface area contributed by atoms with Crippen molar-refractivity contribution in [3.63, 3.8) is 0 Å². The van der Waals surface area contributed by atoms with Crippen molar-refractivity contribution in [3.8, 4) is 0 Å². The lowest BCUT2D eigenvalue weighted by Gasteiger charge is -2.26. The molecule has 2 aromatic rings. The summed E-state index contributed by atoms with van der Waals surface area (Å²) in [6.07, 6.45) is 1.59. The van der Waals surface area contributed by atoms with Crippen LogP contribution in [0.25, 0.3) is 0 Å². The van der Waals surface area contributed by atoms with Gasteiger partial charge in [-0.15, -0.1) is 0 Å². The fourth-order valence-electron chi connectivity index (χ4n) is 2.39. The van der Waals surface area contributed by atoms with Crippen LogP contribution in [0, 0.1) is 5.82 Å². The zero-order valence-corrected chi connectivity index (χ0v) is 12.7. The van der Waals surface area contributed by atoms with Gasteiger partial charge in [-0.25, -0.2) is 9.37 Å². The standard InChI is InChI=1S/C17H18FN3O2/c18-15-4-2-1-3-13(15)11-19-14-5-6-16(20-12-14)17(22)21-7-9-23-10-8-21/h1-6,12,19H,7-11H2. The topological polar surface area (TPSA) is 54.5 Å². The highest BCUT2D eigenvalue weighted by Crippen LogP contribution is 2.12. The number of benzene rings is 1. The van der Waals surface area contributed by atoms with E-state index in [4.69, 9.17) is 4.74 Å². The number of carbonyl (C=O) groups excluding carboxylic acids is 1. The Labute approximate surface area is 134 Å². The molecular weight excluding hydrogens is 297 g/mol. The van der Waals surface area contributed by atoms with Crippen LogP contribution in [0.2, 0.25) is 0 Å². The average Bonchev–Trinajstić information content (AvgIpc) is 2.62. The van der Waals surface area contributed by atoms with Crippen LogP contribution in [0.15, 0.2) is 42.6 Å². The second-order valence-corrected chi connectivity index (χ2v) is 5.28. The predicted molar refractivity (Wildman–Crippen MR) is 84.7 cm³/mol. The molecule has 0 saturated carbocycles. The van der Waals surface area contributed by atoms with Crippen molar-refractivity contribution in [1.82, 2.24) is 9.88 Å². The Morgan fingerprint density at radius 3 is 2.70 bits per heavy atom. The van der Waals surface area contributed by atoms with Gasteiger partial charge in [0.25, 0.3) is 5.91 Å². The number of hydrogen-bond acceptors (Lipinski definition) is 4. The lowest BCUT2D eigenvalue weighted by Crippen LogP contribution is -2.41. The smallest absolute Gasteiger partial charge is 0.272 e. The molecule has 1 saturated heterocycles. The molecule has 6 heteroatoms. The van der Waals surface area contributed by atoms with Crippen LogP contribution in [-0.4, -0.2) is 42.1 Å². The summed E-state index contributed by atoms with van der Waals surface area (Å²) in [4.78, 5) is 18.2.